The summed E-state index contributed by atoms with van der Waals surface area (Å²) in [5.41, 5.74) is 8.86. The van der Waals surface area contributed by atoms with Crippen molar-refractivity contribution >= 4 is 28.2 Å². The van der Waals surface area contributed by atoms with E-state index >= 15 is 0 Å². The molecule has 1 aromatic carbocycles. The van der Waals surface area contributed by atoms with Gasteiger partial charge in [-0.25, -0.2) is 4.79 Å². The van der Waals surface area contributed by atoms with Crippen molar-refractivity contribution in [2.45, 2.75) is 6.92 Å². The number of esters is 1. The van der Waals surface area contributed by atoms with Gasteiger partial charge in [0.1, 0.15) is 5.69 Å². The number of nitrogens with two attached hydrogens (primary N) is 1. The number of nitrogens with zero attached hydrogens (tertiary/aromatic N) is 1. The van der Waals surface area contributed by atoms with Gasteiger partial charge in [0.05, 0.1) is 23.5 Å². The maximum atomic E-state index is 11.8. The van der Waals surface area contributed by atoms with Crippen LogP contribution in [0, 0.1) is 0 Å². The van der Waals surface area contributed by atoms with Crippen LogP contribution < -0.4 is 11.1 Å². The topological polar surface area (TPSA) is 69.3 Å². The molecule has 0 spiro atoms. The van der Waals surface area contributed by atoms with Crippen molar-refractivity contribution in [3.63, 3.8) is 0 Å². The molecule has 0 radical (unpaired) electrons. The summed E-state index contributed by atoms with van der Waals surface area (Å²) in [6.07, 6.45) is 0. The number of carbonyl (C=O) groups excluding carboxylic acids is 1. The van der Waals surface area contributed by atoms with E-state index in [4.69, 9.17) is 10.5 Å². The lowest BCUT2D eigenvalue weighted by Crippen LogP contribution is -2.09. The first-order valence-corrected chi connectivity index (χ1v) is 5.82. The van der Waals surface area contributed by atoms with Crippen LogP contribution in [0.15, 0.2) is 18.2 Å². The molecule has 5 nitrogen and oxygen atoms in total. The molecule has 0 amide bonds. The highest BCUT2D eigenvalue weighted by Crippen LogP contribution is 2.28. The molecule has 18 heavy (non-hydrogen) atoms. The van der Waals surface area contributed by atoms with Crippen molar-refractivity contribution in [1.82, 2.24) is 4.57 Å². The number of carbonyl (C=O) groups is 1. The Morgan fingerprint density at radius 3 is 2.78 bits per heavy atom. The highest BCUT2D eigenvalue weighted by Gasteiger charge is 2.15. The minimum absolute atomic E-state index is 0.319. The van der Waals surface area contributed by atoms with Crippen LogP contribution >= 0.6 is 0 Å². The zero-order valence-electron chi connectivity index (χ0n) is 10.8. The van der Waals surface area contributed by atoms with Crippen LogP contribution in [-0.4, -0.2) is 24.2 Å². The molecule has 0 unspecified atom stereocenters. The number of hydrogen-bond acceptors (Lipinski definition) is 4. The number of aromatic nitrogens is 1. The third-order valence-electron chi connectivity index (χ3n) is 2.97. The first-order valence-electron chi connectivity index (χ1n) is 5.82. The van der Waals surface area contributed by atoms with E-state index in [-0.39, 0.29) is 5.97 Å². The maximum Gasteiger partial charge on any atom is 0.354 e. The maximum absolute atomic E-state index is 11.8. The summed E-state index contributed by atoms with van der Waals surface area (Å²) in [6.45, 7) is 2.15. The predicted molar refractivity (Wildman–Crippen MR) is 72.8 cm³/mol. The molecule has 1 heterocycles. The molecule has 2 aromatic rings. The van der Waals surface area contributed by atoms with Gasteiger partial charge < -0.3 is 20.4 Å². The standard InChI is InChI=1S/C13H17N3O2/c1-4-18-13(17)12-6-8-5-10(15-2)9(14)7-11(8)16(12)3/h5-7,15H,4,14H2,1-3H3. The smallest absolute Gasteiger partial charge is 0.354 e. The first kappa shape index (κ1) is 12.3. The van der Waals surface area contributed by atoms with Gasteiger partial charge >= 0.3 is 5.97 Å². The molecule has 3 N–H and O–H groups in total. The van der Waals surface area contributed by atoms with Crippen LogP contribution in [0.5, 0.6) is 0 Å². The molecule has 5 heteroatoms. The van der Waals surface area contributed by atoms with Gasteiger partial charge in [-0.3, -0.25) is 0 Å². The molecule has 1 aromatic heterocycles. The van der Waals surface area contributed by atoms with Crippen molar-refractivity contribution in [3.8, 4) is 0 Å². The quantitative estimate of drug-likeness (QED) is 0.642. The Hall–Kier alpha value is -2.17. The summed E-state index contributed by atoms with van der Waals surface area (Å²) in [4.78, 5) is 11.8. The molecule has 0 saturated carbocycles. The second-order valence-corrected chi connectivity index (χ2v) is 4.06. The van der Waals surface area contributed by atoms with E-state index < -0.39 is 0 Å². The minimum atomic E-state index is -0.319. The summed E-state index contributed by atoms with van der Waals surface area (Å²) in [5.74, 6) is -0.319. The second-order valence-electron chi connectivity index (χ2n) is 4.06. The molecular weight excluding hydrogens is 230 g/mol. The molecule has 0 bridgehead atoms. The van der Waals surface area contributed by atoms with Crippen LogP contribution in [0.3, 0.4) is 0 Å². The van der Waals surface area contributed by atoms with E-state index in [0.717, 1.165) is 16.6 Å². The highest BCUT2D eigenvalue weighted by atomic mass is 16.5. The Kier molecular flexibility index (Phi) is 3.14. The Bertz CT molecular complexity index is 602. The number of fused-ring (bicyclic) bond motifs is 1. The van der Waals surface area contributed by atoms with Gasteiger partial charge in [-0.05, 0) is 25.1 Å². The van der Waals surface area contributed by atoms with Gasteiger partial charge in [0, 0.05) is 19.5 Å². The lowest BCUT2D eigenvalue weighted by Gasteiger charge is -2.06. The summed E-state index contributed by atoms with van der Waals surface area (Å²) < 4.78 is 6.81. The Labute approximate surface area is 106 Å². The Balaban J connectivity index is 2.59. The van der Waals surface area contributed by atoms with Gasteiger partial charge in [-0.1, -0.05) is 0 Å². The SMILES string of the molecule is CCOC(=O)c1cc2cc(NC)c(N)cc2n1C. The summed E-state index contributed by atoms with van der Waals surface area (Å²) in [5, 5.41) is 3.98. The number of anilines is 2. The highest BCUT2D eigenvalue weighted by molar-refractivity contribution is 5.98. The molecule has 0 aliphatic rings. The predicted octanol–water partition coefficient (Wildman–Crippen LogP) is 1.98. The lowest BCUT2D eigenvalue weighted by atomic mass is 10.2. The first-order chi connectivity index (χ1) is 8.58. The monoisotopic (exact) mass is 247 g/mol. The Morgan fingerprint density at radius 1 is 1.44 bits per heavy atom. The number of hydrogen-bond donors (Lipinski definition) is 2. The minimum Gasteiger partial charge on any atom is -0.461 e. The van der Waals surface area contributed by atoms with Crippen molar-refractivity contribution in [3.05, 3.63) is 23.9 Å². The second kappa shape index (κ2) is 4.60. The van der Waals surface area contributed by atoms with Crippen LogP contribution in [0.25, 0.3) is 10.9 Å². The van der Waals surface area contributed by atoms with Gasteiger partial charge in [-0.2, -0.15) is 0 Å². The van der Waals surface area contributed by atoms with E-state index in [9.17, 15) is 4.79 Å². The van der Waals surface area contributed by atoms with Crippen LogP contribution in [0.4, 0.5) is 11.4 Å². The van der Waals surface area contributed by atoms with E-state index in [1.165, 1.54) is 0 Å². The van der Waals surface area contributed by atoms with E-state index in [1.807, 2.05) is 32.3 Å². The molecule has 0 aliphatic heterocycles. The average Bonchev–Trinajstić information content (AvgIpc) is 2.66. The summed E-state index contributed by atoms with van der Waals surface area (Å²) >= 11 is 0. The van der Waals surface area contributed by atoms with Gasteiger partial charge in [0.15, 0.2) is 0 Å². The molecule has 0 aliphatic carbocycles. The number of nitrogen functional groups attached to an aromatic ring is 1. The van der Waals surface area contributed by atoms with Crippen molar-refractivity contribution in [1.29, 1.82) is 0 Å². The molecule has 96 valence electrons. The van der Waals surface area contributed by atoms with Crippen LogP contribution in [0.1, 0.15) is 17.4 Å². The number of rotatable bonds is 3. The third-order valence-corrected chi connectivity index (χ3v) is 2.97. The van der Waals surface area contributed by atoms with Crippen molar-refractivity contribution in [2.24, 2.45) is 7.05 Å². The fourth-order valence-electron chi connectivity index (χ4n) is 2.02. The average molecular weight is 247 g/mol. The van der Waals surface area contributed by atoms with E-state index in [1.54, 1.807) is 11.5 Å². The van der Waals surface area contributed by atoms with Crippen molar-refractivity contribution < 1.29 is 9.53 Å². The van der Waals surface area contributed by atoms with Crippen LogP contribution in [0.2, 0.25) is 0 Å². The molecule has 0 saturated heterocycles. The molecule has 2 rings (SSSR count). The van der Waals surface area contributed by atoms with E-state index in [2.05, 4.69) is 5.32 Å². The lowest BCUT2D eigenvalue weighted by molar-refractivity contribution is 0.0516. The van der Waals surface area contributed by atoms with Gasteiger partial charge in [0.2, 0.25) is 0 Å². The summed E-state index contributed by atoms with van der Waals surface area (Å²) in [6, 6.07) is 5.59. The van der Waals surface area contributed by atoms with Gasteiger partial charge in [0.25, 0.3) is 0 Å². The van der Waals surface area contributed by atoms with Crippen LogP contribution in [-0.2, 0) is 11.8 Å². The molecule has 0 fully saturated rings. The number of nitrogens with one attached hydrogen (secondary N) is 1. The fourth-order valence-corrected chi connectivity index (χ4v) is 2.02. The van der Waals surface area contributed by atoms with E-state index in [0.29, 0.717) is 18.0 Å². The largest absolute Gasteiger partial charge is 0.461 e. The normalized spacial score (nSPS) is 10.6. The van der Waals surface area contributed by atoms with Gasteiger partial charge in [-0.15, -0.1) is 0 Å². The number of ether oxygens (including phenoxy) is 1. The third kappa shape index (κ3) is 1.88. The number of aryl methyl sites for hydroxylation is 1. The summed E-state index contributed by atoms with van der Waals surface area (Å²) in [7, 11) is 3.64. The Morgan fingerprint density at radius 2 is 2.17 bits per heavy atom. The fraction of sp³-hybridized carbons (Fsp3) is 0.308. The van der Waals surface area contributed by atoms with Crippen molar-refractivity contribution in [2.75, 3.05) is 24.7 Å². The molecule has 0 atom stereocenters. The zero-order chi connectivity index (χ0) is 13.3. The number of benzene rings is 1. The zero-order valence-corrected chi connectivity index (χ0v) is 10.8. The molecular formula is C13H17N3O2.